The maximum absolute atomic E-state index is 4.31. The van der Waals surface area contributed by atoms with E-state index in [9.17, 15) is 0 Å². The van der Waals surface area contributed by atoms with Crippen LogP contribution in [-0.4, -0.2) is 9.97 Å². The zero-order valence-corrected chi connectivity index (χ0v) is 10.4. The van der Waals surface area contributed by atoms with Crippen molar-refractivity contribution in [3.05, 3.63) is 55.0 Å². The Bertz CT molecular complexity index is 809. The summed E-state index contributed by atoms with van der Waals surface area (Å²) in [5.74, 6) is 0. The second kappa shape index (κ2) is 3.68. The maximum Gasteiger partial charge on any atom is 0.0646 e. The predicted molar refractivity (Wildman–Crippen MR) is 76.9 cm³/mol. The summed E-state index contributed by atoms with van der Waals surface area (Å²) in [6.07, 6.45) is 5.77. The molecule has 0 aliphatic rings. The highest BCUT2D eigenvalue weighted by Crippen LogP contribution is 2.36. The molecule has 0 atom stereocenters. The molecule has 0 aliphatic carbocycles. The number of hydrogen-bond acceptors (Lipinski definition) is 2. The lowest BCUT2D eigenvalue weighted by Crippen LogP contribution is -1.77. The number of benzene rings is 1. The van der Waals surface area contributed by atoms with Crippen molar-refractivity contribution in [1.29, 1.82) is 0 Å². The van der Waals surface area contributed by atoms with Crippen LogP contribution in [0.25, 0.3) is 31.4 Å². The quantitative estimate of drug-likeness (QED) is 0.531. The normalized spacial score (nSPS) is 11.3. The van der Waals surface area contributed by atoms with E-state index in [0.29, 0.717) is 0 Å². The largest absolute Gasteiger partial charge is 0.360 e. The zero-order chi connectivity index (χ0) is 11.9. The number of pyridine rings is 1. The van der Waals surface area contributed by atoms with Gasteiger partial charge in [-0.2, -0.15) is 0 Å². The number of fused-ring (bicyclic) bond motifs is 2. The first-order valence-electron chi connectivity index (χ1n) is 5.82. The van der Waals surface area contributed by atoms with Gasteiger partial charge in [-0.1, -0.05) is 18.2 Å². The van der Waals surface area contributed by atoms with Gasteiger partial charge in [0, 0.05) is 32.9 Å². The Labute approximate surface area is 108 Å². The average Bonchev–Trinajstić information content (AvgIpc) is 3.04. The van der Waals surface area contributed by atoms with E-state index in [2.05, 4.69) is 46.4 Å². The van der Waals surface area contributed by atoms with Crippen molar-refractivity contribution in [1.82, 2.24) is 9.97 Å². The fourth-order valence-electron chi connectivity index (χ4n) is 2.29. The Kier molecular flexibility index (Phi) is 2.02. The van der Waals surface area contributed by atoms with Crippen molar-refractivity contribution in [3.8, 4) is 10.4 Å². The van der Waals surface area contributed by atoms with Gasteiger partial charge >= 0.3 is 0 Å². The van der Waals surface area contributed by atoms with Crippen molar-refractivity contribution in [2.45, 2.75) is 0 Å². The number of thiophene rings is 1. The molecule has 4 aromatic rings. The van der Waals surface area contributed by atoms with E-state index >= 15 is 0 Å². The third-order valence-electron chi connectivity index (χ3n) is 3.17. The SMILES string of the molecule is c1ccc2sc(-c3cncc4[nH]ccc34)cc2c1. The Morgan fingerprint density at radius 1 is 1.06 bits per heavy atom. The van der Waals surface area contributed by atoms with Crippen LogP contribution in [0.1, 0.15) is 0 Å². The number of rotatable bonds is 1. The molecule has 4 rings (SSSR count). The van der Waals surface area contributed by atoms with E-state index in [1.54, 1.807) is 0 Å². The summed E-state index contributed by atoms with van der Waals surface area (Å²) in [6, 6.07) is 12.8. The second-order valence-corrected chi connectivity index (χ2v) is 5.36. The zero-order valence-electron chi connectivity index (χ0n) is 9.55. The molecular weight excluding hydrogens is 240 g/mol. The van der Waals surface area contributed by atoms with Gasteiger partial charge in [-0.15, -0.1) is 11.3 Å². The second-order valence-electron chi connectivity index (χ2n) is 4.27. The van der Waals surface area contributed by atoms with Crippen LogP contribution in [0, 0.1) is 0 Å². The van der Waals surface area contributed by atoms with Gasteiger partial charge in [0.2, 0.25) is 0 Å². The highest BCUT2D eigenvalue weighted by atomic mass is 32.1. The summed E-state index contributed by atoms with van der Waals surface area (Å²) in [6.45, 7) is 0. The van der Waals surface area contributed by atoms with E-state index in [1.807, 2.05) is 29.9 Å². The van der Waals surface area contributed by atoms with Crippen molar-refractivity contribution in [3.63, 3.8) is 0 Å². The molecule has 3 aromatic heterocycles. The van der Waals surface area contributed by atoms with Crippen molar-refractivity contribution in [2.75, 3.05) is 0 Å². The number of aromatic amines is 1. The van der Waals surface area contributed by atoms with Crippen LogP contribution in [0.4, 0.5) is 0 Å². The standard InChI is InChI=1S/C15H10N2S/c1-2-4-14-10(3-1)7-15(18-14)12-8-16-9-13-11(12)5-6-17-13/h1-9,17H. The topological polar surface area (TPSA) is 28.7 Å². The summed E-state index contributed by atoms with van der Waals surface area (Å²) >= 11 is 1.81. The van der Waals surface area contributed by atoms with Crippen molar-refractivity contribution < 1.29 is 0 Å². The van der Waals surface area contributed by atoms with Gasteiger partial charge in [0.15, 0.2) is 0 Å². The van der Waals surface area contributed by atoms with Gasteiger partial charge in [-0.05, 0) is 23.6 Å². The molecule has 3 heteroatoms. The Balaban J connectivity index is 2.04. The summed E-state index contributed by atoms with van der Waals surface area (Å²) in [5, 5.41) is 2.53. The van der Waals surface area contributed by atoms with E-state index in [0.717, 1.165) is 5.52 Å². The molecule has 0 saturated heterocycles. The highest BCUT2D eigenvalue weighted by Gasteiger charge is 2.08. The molecule has 0 fully saturated rings. The average molecular weight is 250 g/mol. The monoisotopic (exact) mass is 250 g/mol. The summed E-state index contributed by atoms with van der Waals surface area (Å²) in [4.78, 5) is 8.78. The number of hydrogen-bond donors (Lipinski definition) is 1. The fraction of sp³-hybridized carbons (Fsp3) is 0. The number of H-pyrrole nitrogens is 1. The number of nitrogens with zero attached hydrogens (tertiary/aromatic N) is 1. The van der Waals surface area contributed by atoms with Crippen LogP contribution in [0.2, 0.25) is 0 Å². The molecule has 18 heavy (non-hydrogen) atoms. The van der Waals surface area contributed by atoms with Crippen LogP contribution < -0.4 is 0 Å². The molecule has 1 N–H and O–H groups in total. The lowest BCUT2D eigenvalue weighted by molar-refractivity contribution is 1.34. The van der Waals surface area contributed by atoms with Gasteiger partial charge in [-0.25, -0.2) is 0 Å². The third kappa shape index (κ3) is 1.38. The van der Waals surface area contributed by atoms with E-state index in [-0.39, 0.29) is 0 Å². The van der Waals surface area contributed by atoms with E-state index in [1.165, 1.54) is 25.9 Å². The minimum atomic E-state index is 1.09. The highest BCUT2D eigenvalue weighted by molar-refractivity contribution is 7.22. The first-order valence-corrected chi connectivity index (χ1v) is 6.63. The van der Waals surface area contributed by atoms with Crippen LogP contribution in [0.5, 0.6) is 0 Å². The lowest BCUT2D eigenvalue weighted by Gasteiger charge is -1.98. The van der Waals surface area contributed by atoms with Crippen LogP contribution in [0.15, 0.2) is 55.0 Å². The molecule has 0 saturated carbocycles. The van der Waals surface area contributed by atoms with Crippen LogP contribution in [-0.2, 0) is 0 Å². The molecule has 2 nitrogen and oxygen atoms in total. The molecule has 0 spiro atoms. The van der Waals surface area contributed by atoms with Crippen LogP contribution in [0.3, 0.4) is 0 Å². The summed E-state index contributed by atoms with van der Waals surface area (Å²) in [7, 11) is 0. The van der Waals surface area contributed by atoms with E-state index in [4.69, 9.17) is 0 Å². The van der Waals surface area contributed by atoms with Gasteiger partial charge in [0.25, 0.3) is 0 Å². The first-order chi connectivity index (χ1) is 8.92. The molecule has 86 valence electrons. The van der Waals surface area contributed by atoms with Gasteiger partial charge in [0.05, 0.1) is 11.7 Å². The molecule has 1 aromatic carbocycles. The Morgan fingerprint density at radius 2 is 2.00 bits per heavy atom. The number of nitrogens with one attached hydrogen (secondary N) is 1. The smallest absolute Gasteiger partial charge is 0.0646 e. The van der Waals surface area contributed by atoms with Gasteiger partial charge in [0.1, 0.15) is 0 Å². The number of aromatic nitrogens is 2. The predicted octanol–water partition coefficient (Wildman–Crippen LogP) is 4.44. The minimum absolute atomic E-state index is 1.09. The molecule has 0 unspecified atom stereocenters. The molecule has 0 amide bonds. The fourth-order valence-corrected chi connectivity index (χ4v) is 3.38. The lowest BCUT2D eigenvalue weighted by atomic mass is 10.1. The van der Waals surface area contributed by atoms with Gasteiger partial charge in [-0.3, -0.25) is 4.98 Å². The Hall–Kier alpha value is -2.13. The maximum atomic E-state index is 4.31. The van der Waals surface area contributed by atoms with E-state index < -0.39 is 0 Å². The minimum Gasteiger partial charge on any atom is -0.360 e. The van der Waals surface area contributed by atoms with Gasteiger partial charge < -0.3 is 4.98 Å². The molecule has 0 aliphatic heterocycles. The van der Waals surface area contributed by atoms with Crippen molar-refractivity contribution in [2.24, 2.45) is 0 Å². The van der Waals surface area contributed by atoms with Crippen molar-refractivity contribution >= 4 is 32.3 Å². The third-order valence-corrected chi connectivity index (χ3v) is 4.32. The molecule has 3 heterocycles. The van der Waals surface area contributed by atoms with Crippen LogP contribution >= 0.6 is 11.3 Å². The molecular formula is C15H10N2S. The first kappa shape index (κ1) is 9.85. The molecule has 0 radical (unpaired) electrons. The summed E-state index contributed by atoms with van der Waals surface area (Å²) < 4.78 is 1.32. The summed E-state index contributed by atoms with van der Waals surface area (Å²) in [5.41, 5.74) is 2.29. The Morgan fingerprint density at radius 3 is 2.94 bits per heavy atom. The molecule has 0 bridgehead atoms.